The maximum absolute atomic E-state index is 12.9. The number of rotatable bonds is 5. The van der Waals surface area contributed by atoms with Crippen LogP contribution in [0.5, 0.6) is 5.75 Å². The van der Waals surface area contributed by atoms with Gasteiger partial charge >= 0.3 is 6.18 Å². The van der Waals surface area contributed by atoms with E-state index in [2.05, 4.69) is 20.8 Å². The summed E-state index contributed by atoms with van der Waals surface area (Å²) in [4.78, 5) is 4.24. The second-order valence-electron chi connectivity index (χ2n) is 5.74. The highest BCUT2D eigenvalue weighted by Crippen LogP contribution is 2.36. The number of halogens is 4. The Kier molecular flexibility index (Phi) is 6.23. The van der Waals surface area contributed by atoms with Gasteiger partial charge in [-0.3, -0.25) is 0 Å². The lowest BCUT2D eigenvalue weighted by Gasteiger charge is -2.13. The number of hydrogen-bond donors (Lipinski definition) is 2. The fourth-order valence-corrected chi connectivity index (χ4v) is 2.77. The number of thiocarbonyl (C=S) groups is 1. The van der Waals surface area contributed by atoms with Crippen LogP contribution in [0.3, 0.4) is 0 Å². The van der Waals surface area contributed by atoms with Gasteiger partial charge in [0.1, 0.15) is 5.75 Å². The van der Waals surface area contributed by atoms with Crippen LogP contribution in [-0.4, -0.2) is 22.4 Å². The molecule has 0 bridgehead atoms. The second kappa shape index (κ2) is 8.66. The maximum atomic E-state index is 12.9. The average molecular weight is 443 g/mol. The van der Waals surface area contributed by atoms with E-state index in [4.69, 9.17) is 33.1 Å². The van der Waals surface area contributed by atoms with E-state index in [1.165, 1.54) is 6.07 Å². The van der Waals surface area contributed by atoms with Crippen molar-refractivity contribution in [3.8, 4) is 17.1 Å². The molecule has 0 spiro atoms. The Bertz CT molecular complexity index is 1030. The van der Waals surface area contributed by atoms with Crippen molar-refractivity contribution in [3.05, 3.63) is 58.9 Å². The van der Waals surface area contributed by atoms with Gasteiger partial charge in [-0.05, 0) is 42.5 Å². The number of anilines is 1. The van der Waals surface area contributed by atoms with Crippen molar-refractivity contribution in [2.45, 2.75) is 12.7 Å². The molecule has 0 aliphatic heterocycles. The van der Waals surface area contributed by atoms with Gasteiger partial charge in [0.25, 0.3) is 0 Å². The smallest absolute Gasteiger partial charge is 0.417 e. The lowest BCUT2D eigenvalue weighted by molar-refractivity contribution is -0.137. The first-order valence-electron chi connectivity index (χ1n) is 8.15. The molecule has 29 heavy (non-hydrogen) atoms. The van der Waals surface area contributed by atoms with Crippen LogP contribution in [0.15, 0.2) is 47.0 Å². The SMILES string of the molecule is COc1cccc(-c2noc(CNC(=S)Nc3ccc(Cl)c(C(F)(F)F)c3)n2)c1. The quantitative estimate of drug-likeness (QED) is 0.544. The predicted octanol–water partition coefficient (Wildman–Crippen LogP) is 4.90. The van der Waals surface area contributed by atoms with E-state index >= 15 is 0 Å². The number of methoxy groups -OCH3 is 1. The Morgan fingerprint density at radius 1 is 1.24 bits per heavy atom. The molecule has 0 aliphatic rings. The van der Waals surface area contributed by atoms with E-state index in [1.807, 2.05) is 0 Å². The molecule has 0 unspecified atom stereocenters. The highest BCUT2D eigenvalue weighted by molar-refractivity contribution is 7.80. The van der Waals surface area contributed by atoms with Crippen molar-refractivity contribution in [3.63, 3.8) is 0 Å². The van der Waals surface area contributed by atoms with Gasteiger partial charge in [-0.25, -0.2) is 0 Å². The molecule has 0 radical (unpaired) electrons. The molecule has 1 aromatic heterocycles. The number of nitrogens with one attached hydrogen (secondary N) is 2. The summed E-state index contributed by atoms with van der Waals surface area (Å²) < 4.78 is 49.1. The van der Waals surface area contributed by atoms with Gasteiger partial charge in [-0.15, -0.1) is 0 Å². The number of nitrogens with zero attached hydrogens (tertiary/aromatic N) is 2. The summed E-state index contributed by atoms with van der Waals surface area (Å²) >= 11 is 10.7. The third kappa shape index (κ3) is 5.36. The Hall–Kier alpha value is -2.85. The third-order valence-electron chi connectivity index (χ3n) is 3.73. The lowest BCUT2D eigenvalue weighted by Crippen LogP contribution is -2.28. The molecule has 0 saturated carbocycles. The largest absolute Gasteiger partial charge is 0.497 e. The predicted molar refractivity (Wildman–Crippen MR) is 106 cm³/mol. The zero-order valence-electron chi connectivity index (χ0n) is 14.9. The van der Waals surface area contributed by atoms with E-state index < -0.39 is 16.8 Å². The van der Waals surface area contributed by atoms with E-state index in [-0.39, 0.29) is 23.2 Å². The van der Waals surface area contributed by atoms with Crippen LogP contribution in [0.2, 0.25) is 5.02 Å². The topological polar surface area (TPSA) is 72.2 Å². The molecular weight excluding hydrogens is 429 g/mol. The molecule has 0 atom stereocenters. The Morgan fingerprint density at radius 2 is 2.03 bits per heavy atom. The summed E-state index contributed by atoms with van der Waals surface area (Å²) in [5.41, 5.74) is -0.102. The summed E-state index contributed by atoms with van der Waals surface area (Å²) in [6.07, 6.45) is -4.57. The van der Waals surface area contributed by atoms with E-state index in [0.717, 1.165) is 12.1 Å². The minimum atomic E-state index is -4.57. The Labute approximate surface area is 174 Å². The highest BCUT2D eigenvalue weighted by Gasteiger charge is 2.33. The van der Waals surface area contributed by atoms with Crippen LogP contribution in [-0.2, 0) is 12.7 Å². The molecule has 1 heterocycles. The normalized spacial score (nSPS) is 11.2. The van der Waals surface area contributed by atoms with Gasteiger partial charge in [0.05, 0.1) is 24.2 Å². The Balaban J connectivity index is 1.61. The highest BCUT2D eigenvalue weighted by atomic mass is 35.5. The van der Waals surface area contributed by atoms with E-state index in [1.54, 1.807) is 31.4 Å². The van der Waals surface area contributed by atoms with Gasteiger partial charge in [-0.1, -0.05) is 28.9 Å². The van der Waals surface area contributed by atoms with Crippen molar-refractivity contribution >= 4 is 34.6 Å². The van der Waals surface area contributed by atoms with Crippen molar-refractivity contribution in [2.75, 3.05) is 12.4 Å². The molecule has 0 fully saturated rings. The first-order chi connectivity index (χ1) is 13.8. The summed E-state index contributed by atoms with van der Waals surface area (Å²) in [5, 5.41) is 9.03. The molecule has 6 nitrogen and oxygen atoms in total. The van der Waals surface area contributed by atoms with Gasteiger partial charge < -0.3 is 19.9 Å². The molecule has 0 amide bonds. The molecule has 3 aromatic rings. The fraction of sp³-hybridized carbons (Fsp3) is 0.167. The minimum Gasteiger partial charge on any atom is -0.497 e. The first kappa shape index (κ1) is 20.9. The number of benzene rings is 2. The molecule has 0 aliphatic carbocycles. The third-order valence-corrected chi connectivity index (χ3v) is 4.30. The van der Waals surface area contributed by atoms with Crippen LogP contribution in [0.25, 0.3) is 11.4 Å². The average Bonchev–Trinajstić information content (AvgIpc) is 3.16. The van der Waals surface area contributed by atoms with Gasteiger partial charge in [-0.2, -0.15) is 18.2 Å². The summed E-state index contributed by atoms with van der Waals surface area (Å²) in [6, 6.07) is 10.6. The molecular formula is C18H14ClF3N4O2S. The monoisotopic (exact) mass is 442 g/mol. The summed E-state index contributed by atoms with van der Waals surface area (Å²) in [7, 11) is 1.55. The van der Waals surface area contributed by atoms with Gasteiger partial charge in [0.15, 0.2) is 5.11 Å². The molecule has 2 N–H and O–H groups in total. The zero-order valence-corrected chi connectivity index (χ0v) is 16.5. The van der Waals surface area contributed by atoms with Gasteiger partial charge in [0.2, 0.25) is 11.7 Å². The van der Waals surface area contributed by atoms with Crippen molar-refractivity contribution in [1.29, 1.82) is 0 Å². The fourth-order valence-electron chi connectivity index (χ4n) is 2.36. The first-order valence-corrected chi connectivity index (χ1v) is 8.93. The standard InChI is InChI=1S/C18H14ClF3N4O2S/c1-27-12-4-2-3-10(7-12)16-25-15(28-26-16)9-23-17(29)24-11-5-6-14(19)13(8-11)18(20,21)22/h2-8H,9H2,1H3,(H2,23,24,29). The zero-order chi connectivity index (χ0) is 21.0. The van der Waals surface area contributed by atoms with E-state index in [9.17, 15) is 13.2 Å². The molecule has 11 heteroatoms. The number of alkyl halides is 3. The maximum Gasteiger partial charge on any atom is 0.417 e. The number of hydrogen-bond acceptors (Lipinski definition) is 5. The molecule has 2 aromatic carbocycles. The number of aromatic nitrogens is 2. The summed E-state index contributed by atoms with van der Waals surface area (Å²) in [5.74, 6) is 1.27. The van der Waals surface area contributed by atoms with E-state index in [0.29, 0.717) is 17.1 Å². The van der Waals surface area contributed by atoms with Crippen LogP contribution in [0, 0.1) is 0 Å². The molecule has 0 saturated heterocycles. The van der Waals surface area contributed by atoms with Crippen molar-refractivity contribution in [2.24, 2.45) is 0 Å². The lowest BCUT2D eigenvalue weighted by atomic mass is 10.2. The van der Waals surface area contributed by atoms with Crippen LogP contribution >= 0.6 is 23.8 Å². The molecule has 3 rings (SSSR count). The minimum absolute atomic E-state index is 0.0848. The van der Waals surface area contributed by atoms with Crippen LogP contribution in [0.1, 0.15) is 11.5 Å². The van der Waals surface area contributed by atoms with Crippen molar-refractivity contribution in [1.82, 2.24) is 15.5 Å². The van der Waals surface area contributed by atoms with Gasteiger partial charge in [0, 0.05) is 11.3 Å². The van der Waals surface area contributed by atoms with Crippen molar-refractivity contribution < 1.29 is 22.4 Å². The van der Waals surface area contributed by atoms with Crippen LogP contribution < -0.4 is 15.4 Å². The van der Waals surface area contributed by atoms with Crippen LogP contribution in [0.4, 0.5) is 18.9 Å². The number of ether oxygens (including phenoxy) is 1. The Morgan fingerprint density at radius 3 is 2.76 bits per heavy atom. The molecule has 152 valence electrons. The second-order valence-corrected chi connectivity index (χ2v) is 6.56. The summed E-state index contributed by atoms with van der Waals surface area (Å²) in [6.45, 7) is 0.0858.